The number of hydrogen-bond acceptors (Lipinski definition) is 8. The second-order valence-corrected chi connectivity index (χ2v) is 7.79. The summed E-state index contributed by atoms with van der Waals surface area (Å²) in [7, 11) is 0. The second-order valence-electron chi connectivity index (χ2n) is 7.79. The van der Waals surface area contributed by atoms with E-state index < -0.39 is 53.2 Å². The molecule has 4 rings (SSSR count). The Balaban J connectivity index is 1.84. The van der Waals surface area contributed by atoms with Crippen molar-refractivity contribution in [2.75, 3.05) is 6.61 Å². The molecule has 0 amide bonds. The van der Waals surface area contributed by atoms with E-state index in [1.807, 2.05) is 0 Å². The summed E-state index contributed by atoms with van der Waals surface area (Å²) in [5, 5.41) is 11.2. The molecule has 8 nitrogen and oxygen atoms in total. The van der Waals surface area contributed by atoms with Crippen molar-refractivity contribution in [2.45, 2.75) is 57.2 Å². The van der Waals surface area contributed by atoms with Gasteiger partial charge in [0.15, 0.2) is 11.2 Å². The van der Waals surface area contributed by atoms with Gasteiger partial charge in [-0.3, -0.25) is 4.79 Å². The maximum absolute atomic E-state index is 12.6. The van der Waals surface area contributed by atoms with Crippen LogP contribution in [0.25, 0.3) is 0 Å². The van der Waals surface area contributed by atoms with Crippen LogP contribution < -0.4 is 0 Å². The number of fused-ring (bicyclic) bond motifs is 4. The predicted molar refractivity (Wildman–Crippen MR) is 93.7 cm³/mol. The Labute approximate surface area is 161 Å². The average molecular weight is 390 g/mol. The van der Waals surface area contributed by atoms with Crippen molar-refractivity contribution in [1.29, 1.82) is 0 Å². The van der Waals surface area contributed by atoms with Crippen LogP contribution >= 0.6 is 0 Å². The third-order valence-electron chi connectivity index (χ3n) is 6.04. The van der Waals surface area contributed by atoms with Crippen LogP contribution in [0.1, 0.15) is 27.7 Å². The van der Waals surface area contributed by atoms with Crippen LogP contribution in [0.15, 0.2) is 35.1 Å². The van der Waals surface area contributed by atoms with Crippen LogP contribution in [0.3, 0.4) is 0 Å². The first-order chi connectivity index (χ1) is 13.1. The van der Waals surface area contributed by atoms with E-state index >= 15 is 0 Å². The number of aliphatic hydroxyl groups is 1. The lowest BCUT2D eigenvalue weighted by Gasteiger charge is -2.37. The molecule has 2 bridgehead atoms. The molecule has 1 spiro atoms. The van der Waals surface area contributed by atoms with Crippen LogP contribution in [0, 0.1) is 5.92 Å². The van der Waals surface area contributed by atoms with Gasteiger partial charge in [0.05, 0.1) is 12.5 Å². The van der Waals surface area contributed by atoms with E-state index in [1.165, 1.54) is 13.0 Å². The first kappa shape index (κ1) is 18.9. The second kappa shape index (κ2) is 6.02. The molecule has 0 aromatic carbocycles. The molecular formula is C20H22O8. The number of aliphatic hydroxyl groups excluding tert-OH is 1. The molecule has 2 fully saturated rings. The molecule has 1 N–H and O–H groups in total. The van der Waals surface area contributed by atoms with E-state index in [1.54, 1.807) is 32.9 Å². The molecule has 150 valence electrons. The summed E-state index contributed by atoms with van der Waals surface area (Å²) in [6.07, 6.45) is 0.923. The molecule has 0 saturated carbocycles. The topological polar surface area (TPSA) is 112 Å². The standard InChI is InChI=1S/C20H22O8/c1-5-9(2)17(23)27-15-14-12(26-18(24)20(14)8-25-20)6-10(3)11-7-13(21)19(4,28-11)16(15)22/h5-7,12,14-16,22H,8H2,1-4H3. The molecule has 8 heteroatoms. The van der Waals surface area contributed by atoms with E-state index in [4.69, 9.17) is 18.9 Å². The van der Waals surface area contributed by atoms with Crippen LogP contribution in [0.2, 0.25) is 0 Å². The van der Waals surface area contributed by atoms with Gasteiger partial charge >= 0.3 is 11.9 Å². The molecule has 2 saturated heterocycles. The van der Waals surface area contributed by atoms with Gasteiger partial charge in [-0.2, -0.15) is 0 Å². The minimum Gasteiger partial charge on any atom is -0.476 e. The highest BCUT2D eigenvalue weighted by molar-refractivity contribution is 6.00. The van der Waals surface area contributed by atoms with E-state index in [9.17, 15) is 19.5 Å². The largest absolute Gasteiger partial charge is 0.476 e. The van der Waals surface area contributed by atoms with Gasteiger partial charge < -0.3 is 24.1 Å². The van der Waals surface area contributed by atoms with Crippen LogP contribution in [0.4, 0.5) is 0 Å². The summed E-state index contributed by atoms with van der Waals surface area (Å²) in [5.74, 6) is -2.20. The smallest absolute Gasteiger partial charge is 0.342 e. The third-order valence-corrected chi connectivity index (χ3v) is 6.04. The molecule has 4 heterocycles. The number of carbonyl (C=O) groups is 3. The molecule has 0 aliphatic carbocycles. The van der Waals surface area contributed by atoms with Crippen molar-refractivity contribution in [3.05, 3.63) is 35.1 Å². The Morgan fingerprint density at radius 3 is 2.68 bits per heavy atom. The molecule has 0 aromatic heterocycles. The summed E-state index contributed by atoms with van der Waals surface area (Å²) < 4.78 is 22.4. The summed E-state index contributed by atoms with van der Waals surface area (Å²) in [5.41, 5.74) is -2.04. The maximum atomic E-state index is 12.6. The van der Waals surface area contributed by atoms with E-state index in [-0.39, 0.29) is 12.4 Å². The number of ether oxygens (including phenoxy) is 4. The Kier molecular flexibility index (Phi) is 4.06. The van der Waals surface area contributed by atoms with Crippen LogP contribution in [-0.4, -0.2) is 58.9 Å². The number of epoxide rings is 1. The molecule has 4 aliphatic rings. The van der Waals surface area contributed by atoms with Gasteiger partial charge in [-0.25, -0.2) is 9.59 Å². The van der Waals surface area contributed by atoms with Gasteiger partial charge in [-0.15, -0.1) is 0 Å². The summed E-state index contributed by atoms with van der Waals surface area (Å²) in [6.45, 7) is 6.51. The van der Waals surface area contributed by atoms with Gasteiger partial charge in [-0.1, -0.05) is 6.08 Å². The van der Waals surface area contributed by atoms with Crippen molar-refractivity contribution in [3.63, 3.8) is 0 Å². The summed E-state index contributed by atoms with van der Waals surface area (Å²) in [4.78, 5) is 37.6. The van der Waals surface area contributed by atoms with Gasteiger partial charge in [0, 0.05) is 11.6 Å². The van der Waals surface area contributed by atoms with E-state index in [0.717, 1.165) is 0 Å². The van der Waals surface area contributed by atoms with Gasteiger partial charge in [0.1, 0.15) is 24.1 Å². The molecule has 28 heavy (non-hydrogen) atoms. The molecule has 0 radical (unpaired) electrons. The zero-order valence-corrected chi connectivity index (χ0v) is 16.1. The summed E-state index contributed by atoms with van der Waals surface area (Å²) >= 11 is 0. The third kappa shape index (κ3) is 2.48. The van der Waals surface area contributed by atoms with Crippen molar-refractivity contribution in [2.24, 2.45) is 5.92 Å². The molecular weight excluding hydrogens is 368 g/mol. The Morgan fingerprint density at radius 2 is 2.07 bits per heavy atom. The monoisotopic (exact) mass is 390 g/mol. The molecule has 6 atom stereocenters. The lowest BCUT2D eigenvalue weighted by molar-refractivity contribution is -0.179. The first-order valence-electron chi connectivity index (χ1n) is 9.15. The molecule has 6 unspecified atom stereocenters. The minimum absolute atomic E-state index is 0.0947. The van der Waals surface area contributed by atoms with E-state index in [0.29, 0.717) is 11.1 Å². The van der Waals surface area contributed by atoms with Crippen molar-refractivity contribution in [3.8, 4) is 0 Å². The number of hydrogen-bond donors (Lipinski definition) is 1. The minimum atomic E-state index is -1.66. The predicted octanol–water partition coefficient (Wildman–Crippen LogP) is 0.738. The fraction of sp³-hybridized carbons (Fsp3) is 0.550. The highest BCUT2D eigenvalue weighted by Crippen LogP contribution is 2.51. The lowest BCUT2D eigenvalue weighted by atomic mass is 9.77. The highest BCUT2D eigenvalue weighted by atomic mass is 16.7. The van der Waals surface area contributed by atoms with E-state index in [2.05, 4.69) is 0 Å². The van der Waals surface area contributed by atoms with Crippen LogP contribution in [0.5, 0.6) is 0 Å². The SMILES string of the molecule is CC=C(C)C(=O)OC1C(O)C2(C)OC(=CC2=O)C(C)=CC2OC(=O)C3(CO3)C21. The van der Waals surface area contributed by atoms with Crippen molar-refractivity contribution < 1.29 is 38.4 Å². The van der Waals surface area contributed by atoms with Crippen LogP contribution in [-0.2, 0) is 33.3 Å². The quantitative estimate of drug-likeness (QED) is 0.417. The Hall–Kier alpha value is -2.45. The molecule has 0 aromatic rings. The number of ketones is 1. The van der Waals surface area contributed by atoms with Crippen molar-refractivity contribution >= 4 is 17.7 Å². The van der Waals surface area contributed by atoms with Gasteiger partial charge in [-0.05, 0) is 39.3 Å². The van der Waals surface area contributed by atoms with Gasteiger partial charge in [0.2, 0.25) is 5.78 Å². The number of esters is 2. The molecule has 4 aliphatic heterocycles. The lowest BCUT2D eigenvalue weighted by Crippen LogP contribution is -2.57. The fourth-order valence-electron chi connectivity index (χ4n) is 3.96. The number of allylic oxidation sites excluding steroid dienone is 2. The zero-order chi connectivity index (χ0) is 20.4. The highest BCUT2D eigenvalue weighted by Gasteiger charge is 2.72. The Bertz CT molecular complexity index is 861. The summed E-state index contributed by atoms with van der Waals surface area (Å²) in [6, 6.07) is 0. The van der Waals surface area contributed by atoms with Gasteiger partial charge in [0.25, 0.3) is 0 Å². The Morgan fingerprint density at radius 1 is 1.39 bits per heavy atom. The zero-order valence-electron chi connectivity index (χ0n) is 16.1. The number of rotatable bonds is 2. The fourth-order valence-corrected chi connectivity index (χ4v) is 3.96. The average Bonchev–Trinajstić information content (AvgIpc) is 3.32. The maximum Gasteiger partial charge on any atom is 0.342 e. The van der Waals surface area contributed by atoms with Crippen molar-refractivity contribution in [1.82, 2.24) is 0 Å². The normalized spacial score (nSPS) is 41.8. The number of carbonyl (C=O) groups excluding carboxylic acids is 3. The first-order valence-corrected chi connectivity index (χ1v) is 9.15.